The van der Waals surface area contributed by atoms with Crippen LogP contribution < -0.4 is 0 Å². The van der Waals surface area contributed by atoms with Gasteiger partial charge in [0.2, 0.25) is 5.91 Å². The van der Waals surface area contributed by atoms with Gasteiger partial charge >= 0.3 is 11.9 Å². The summed E-state index contributed by atoms with van der Waals surface area (Å²) >= 11 is 0. The fourth-order valence-corrected chi connectivity index (χ4v) is 13.3. The lowest BCUT2D eigenvalue weighted by Crippen LogP contribution is -2.63. The number of carboxylic acids is 1. The van der Waals surface area contributed by atoms with Gasteiger partial charge in [0.1, 0.15) is 6.10 Å². The zero-order valence-corrected chi connectivity index (χ0v) is 35.5. The Hall–Kier alpha value is -3.07. The molecule has 55 heavy (non-hydrogen) atoms. The number of allylic oxidation sites excluding steroid dienone is 2. The van der Waals surface area contributed by atoms with Crippen molar-refractivity contribution in [1.82, 2.24) is 14.8 Å². The maximum atomic E-state index is 14.1. The normalized spacial score (nSPS) is 34.1. The molecular weight excluding hydrogens is 691 g/mol. The van der Waals surface area contributed by atoms with Crippen LogP contribution in [-0.4, -0.2) is 76.8 Å². The van der Waals surface area contributed by atoms with E-state index in [0.717, 1.165) is 69.1 Å². The first-order valence-corrected chi connectivity index (χ1v) is 21.2. The minimum absolute atomic E-state index is 0.0919. The molecule has 1 aromatic heterocycles. The number of Topliss-reactive ketones (excluding diaryl/α,β-unsaturated/α-hetero) is 1. The third-order valence-corrected chi connectivity index (χ3v) is 15.9. The molecule has 0 aromatic carbocycles. The first-order chi connectivity index (χ1) is 25.7. The van der Waals surface area contributed by atoms with Gasteiger partial charge in [-0.3, -0.25) is 24.2 Å². The average molecular weight is 760 g/mol. The van der Waals surface area contributed by atoms with Crippen LogP contribution in [0.2, 0.25) is 0 Å². The average Bonchev–Trinajstić information content (AvgIpc) is 3.40. The minimum Gasteiger partial charge on any atom is -0.481 e. The van der Waals surface area contributed by atoms with E-state index in [4.69, 9.17) is 4.74 Å². The molecule has 1 heterocycles. The highest BCUT2D eigenvalue weighted by Gasteiger charge is 2.66. The number of fused-ring (bicyclic) bond motifs is 7. The van der Waals surface area contributed by atoms with Crippen LogP contribution >= 0.6 is 0 Å². The van der Waals surface area contributed by atoms with E-state index >= 15 is 0 Å². The number of ketones is 1. The zero-order chi connectivity index (χ0) is 40.3. The van der Waals surface area contributed by atoms with Gasteiger partial charge in [0.15, 0.2) is 5.78 Å². The zero-order valence-electron chi connectivity index (χ0n) is 35.5. The molecular formula is C46H69N3O6. The van der Waals surface area contributed by atoms with Gasteiger partial charge in [-0.25, -0.2) is 0 Å². The maximum absolute atomic E-state index is 14.1. The van der Waals surface area contributed by atoms with Crippen LogP contribution in [0.15, 0.2) is 35.5 Å². The molecule has 0 spiro atoms. The Kier molecular flexibility index (Phi) is 11.4. The lowest BCUT2D eigenvalue weighted by molar-refractivity contribution is -0.214. The fraction of sp³-hybridized carbons (Fsp3) is 0.761. The summed E-state index contributed by atoms with van der Waals surface area (Å²) in [5.74, 6) is 0.988. The lowest BCUT2D eigenvalue weighted by atomic mass is 9.36. The van der Waals surface area contributed by atoms with Crippen molar-refractivity contribution in [3.8, 4) is 0 Å². The van der Waals surface area contributed by atoms with Gasteiger partial charge in [-0.1, -0.05) is 53.2 Å². The molecule has 4 fully saturated rings. The molecule has 0 aliphatic heterocycles. The number of aliphatic carboxylic acids is 1. The topological polar surface area (TPSA) is 117 Å². The minimum atomic E-state index is -1.16. The maximum Gasteiger partial charge on any atom is 0.309 e. The molecule has 5 aliphatic carbocycles. The van der Waals surface area contributed by atoms with Gasteiger partial charge in [0, 0.05) is 30.0 Å². The van der Waals surface area contributed by atoms with Crippen LogP contribution in [0.4, 0.5) is 0 Å². The third kappa shape index (κ3) is 7.45. The molecule has 8 unspecified atom stereocenters. The number of hydrogen-bond donors (Lipinski definition) is 1. The van der Waals surface area contributed by atoms with Gasteiger partial charge in [-0.15, -0.1) is 0 Å². The van der Waals surface area contributed by atoms with E-state index in [0.29, 0.717) is 55.5 Å². The van der Waals surface area contributed by atoms with Crippen molar-refractivity contribution in [1.29, 1.82) is 0 Å². The predicted molar refractivity (Wildman–Crippen MR) is 214 cm³/mol. The highest BCUT2D eigenvalue weighted by molar-refractivity contribution is 6.00. The molecule has 9 heteroatoms. The molecule has 5 aliphatic rings. The van der Waals surface area contributed by atoms with E-state index in [2.05, 4.69) is 46.5 Å². The van der Waals surface area contributed by atoms with Gasteiger partial charge in [0.05, 0.1) is 30.6 Å². The Morgan fingerprint density at radius 2 is 1.67 bits per heavy atom. The van der Waals surface area contributed by atoms with Crippen LogP contribution in [-0.2, 0) is 30.5 Å². The number of carboxylic acid groups (broad SMARTS) is 1. The number of likely N-dealkylation sites (N-methyl/N-ethyl adjacent to an activating group) is 1. The number of ether oxygens (including phenoxy) is 1. The Morgan fingerprint density at radius 3 is 2.31 bits per heavy atom. The van der Waals surface area contributed by atoms with E-state index in [1.807, 2.05) is 42.1 Å². The second kappa shape index (κ2) is 15.0. The van der Waals surface area contributed by atoms with E-state index in [9.17, 15) is 24.3 Å². The summed E-state index contributed by atoms with van der Waals surface area (Å²) < 4.78 is 6.17. The summed E-state index contributed by atoms with van der Waals surface area (Å²) in [7, 11) is 3.86. The highest BCUT2D eigenvalue weighted by atomic mass is 16.5. The molecule has 0 saturated heterocycles. The number of amides is 1. The SMILES string of the molecule is CC(C)C1=C2C3CCC4C(C)(CCC5C(C)(C)C(OC(=O)CC(C)(C)C(=O)O)CCC54C)C3CCC2(CCN(Cc2ccccn2)C(=O)CN(C)C)CC1=O. The van der Waals surface area contributed by atoms with Gasteiger partial charge < -0.3 is 19.6 Å². The Balaban J connectivity index is 1.25. The second-order valence-electron chi connectivity index (χ2n) is 20.7. The van der Waals surface area contributed by atoms with Gasteiger partial charge in [0.25, 0.3) is 0 Å². The molecule has 0 bridgehead atoms. The third-order valence-electron chi connectivity index (χ3n) is 15.9. The molecule has 8 atom stereocenters. The molecule has 1 aromatic rings. The molecule has 1 N–H and O–H groups in total. The van der Waals surface area contributed by atoms with Crippen LogP contribution in [0.3, 0.4) is 0 Å². The van der Waals surface area contributed by atoms with Crippen molar-refractivity contribution in [2.45, 2.75) is 139 Å². The number of carbonyl (C=O) groups excluding carboxylic acids is 3. The summed E-state index contributed by atoms with van der Waals surface area (Å²) in [4.78, 5) is 61.1. The summed E-state index contributed by atoms with van der Waals surface area (Å²) in [6.45, 7) is 18.6. The Morgan fingerprint density at radius 1 is 0.964 bits per heavy atom. The van der Waals surface area contributed by atoms with Crippen molar-refractivity contribution in [2.24, 2.45) is 56.7 Å². The standard InChI is InChI=1S/C46H69N3O6/c1-29(2)39-33(50)25-46(22-24-49(37(51)28-48(9)10)27-30-13-11-12-23-47-30)21-16-32-31(40(39)46)14-15-35-44(32,7)19-17-34-43(5,6)36(18-20-45(34,35)8)55-38(52)26-42(3,4)41(53)54/h11-13,23,29,31-32,34-36H,14-22,24-28H2,1-10H3,(H,53,54). The van der Waals surface area contributed by atoms with E-state index in [1.54, 1.807) is 20.0 Å². The largest absolute Gasteiger partial charge is 0.481 e. The number of hydrogen-bond acceptors (Lipinski definition) is 7. The number of pyridine rings is 1. The summed E-state index contributed by atoms with van der Waals surface area (Å²) in [6, 6.07) is 5.86. The Labute approximate surface area is 330 Å². The van der Waals surface area contributed by atoms with Crippen molar-refractivity contribution in [2.75, 3.05) is 27.2 Å². The van der Waals surface area contributed by atoms with Gasteiger partial charge in [-0.05, 0) is 144 Å². The van der Waals surface area contributed by atoms with Crippen LogP contribution in [0, 0.1) is 56.7 Å². The van der Waals surface area contributed by atoms with Crippen LogP contribution in [0.5, 0.6) is 0 Å². The second-order valence-corrected chi connectivity index (χ2v) is 20.7. The van der Waals surface area contributed by atoms with Crippen molar-refractivity contribution in [3.63, 3.8) is 0 Å². The summed E-state index contributed by atoms with van der Waals surface area (Å²) in [6.07, 6.45) is 11.1. The monoisotopic (exact) mass is 760 g/mol. The highest BCUT2D eigenvalue weighted by Crippen LogP contribution is 2.73. The van der Waals surface area contributed by atoms with Crippen molar-refractivity contribution in [3.05, 3.63) is 41.2 Å². The van der Waals surface area contributed by atoms with Gasteiger partial charge in [-0.2, -0.15) is 0 Å². The number of esters is 1. The van der Waals surface area contributed by atoms with Crippen molar-refractivity contribution >= 4 is 23.6 Å². The van der Waals surface area contributed by atoms with Crippen LogP contribution in [0.1, 0.15) is 132 Å². The van der Waals surface area contributed by atoms with Crippen molar-refractivity contribution < 1.29 is 29.0 Å². The first-order valence-electron chi connectivity index (χ1n) is 21.2. The summed E-state index contributed by atoms with van der Waals surface area (Å²) in [5.41, 5.74) is 2.05. The van der Waals surface area contributed by atoms with E-state index in [-0.39, 0.29) is 46.0 Å². The molecule has 6 rings (SSSR count). The van der Waals surface area contributed by atoms with E-state index in [1.165, 1.54) is 5.57 Å². The molecule has 4 saturated carbocycles. The number of aromatic nitrogens is 1. The smallest absolute Gasteiger partial charge is 0.309 e. The summed E-state index contributed by atoms with van der Waals surface area (Å²) in [5, 5.41) is 9.62. The molecule has 304 valence electrons. The number of rotatable bonds is 12. The first kappa shape index (κ1) is 41.6. The Bertz CT molecular complexity index is 1680. The predicted octanol–water partition coefficient (Wildman–Crippen LogP) is 8.37. The number of carbonyl (C=O) groups is 4. The lowest BCUT2D eigenvalue weighted by Gasteiger charge is -2.69. The fourth-order valence-electron chi connectivity index (χ4n) is 13.3. The molecule has 9 nitrogen and oxygen atoms in total. The molecule has 0 radical (unpaired) electrons. The number of nitrogens with zero attached hydrogens (tertiary/aromatic N) is 3. The quantitative estimate of drug-likeness (QED) is 0.212. The van der Waals surface area contributed by atoms with Crippen LogP contribution in [0.25, 0.3) is 0 Å². The van der Waals surface area contributed by atoms with E-state index < -0.39 is 17.4 Å². The molecule has 1 amide bonds.